The van der Waals surface area contributed by atoms with Crippen LogP contribution < -0.4 is 4.74 Å². The summed E-state index contributed by atoms with van der Waals surface area (Å²) < 4.78 is 22.7. The number of aryl methyl sites for hydroxylation is 1. The molecule has 206 valence electrons. The fraction of sp³-hybridized carbons (Fsp3) is 0.655. The van der Waals surface area contributed by atoms with Gasteiger partial charge in [-0.2, -0.15) is 0 Å². The highest BCUT2D eigenvalue weighted by Crippen LogP contribution is 2.47. The van der Waals surface area contributed by atoms with Crippen LogP contribution in [-0.2, 0) is 20.6 Å². The molecule has 0 spiro atoms. The molecule has 0 fully saturated rings. The molecule has 0 bridgehead atoms. The van der Waals surface area contributed by atoms with E-state index in [1.807, 2.05) is 6.07 Å². The molecule has 1 aromatic rings. The second-order valence-corrected chi connectivity index (χ2v) is 9.65. The van der Waals surface area contributed by atoms with Gasteiger partial charge in [0.1, 0.15) is 18.1 Å². The van der Waals surface area contributed by atoms with Gasteiger partial charge >= 0.3 is 0 Å². The molecule has 0 aromatic heterocycles. The molecule has 1 aromatic carbocycles. The Balaban J connectivity index is 1.93. The highest BCUT2D eigenvalue weighted by molar-refractivity contribution is 5.52. The van der Waals surface area contributed by atoms with Crippen molar-refractivity contribution in [3.8, 4) is 11.5 Å². The van der Waals surface area contributed by atoms with Gasteiger partial charge in [-0.25, -0.2) is 0 Å². The summed E-state index contributed by atoms with van der Waals surface area (Å²) in [6, 6.07) is 4.02. The first-order valence-electron chi connectivity index (χ1n) is 13.5. The van der Waals surface area contributed by atoms with E-state index in [1.54, 1.807) is 0 Å². The number of aromatic hydroxyl groups is 1. The van der Waals surface area contributed by atoms with Crippen LogP contribution in [0.1, 0.15) is 69.9 Å². The number of nitrogens with zero attached hydrogens (tertiary/aromatic N) is 3. The molecule has 0 saturated heterocycles. The largest absolute Gasteiger partial charge is 0.507 e. The average molecular weight is 516 g/mol. The Kier molecular flexibility index (Phi) is 14.8. The number of rotatable bonds is 19. The topological polar surface area (TPSA) is 106 Å². The number of hydrogen-bond acceptors (Lipinski definition) is 6. The van der Waals surface area contributed by atoms with Crippen molar-refractivity contribution in [2.45, 2.75) is 65.2 Å². The van der Waals surface area contributed by atoms with Gasteiger partial charge in [-0.3, -0.25) is 0 Å². The second kappa shape index (κ2) is 17.9. The lowest BCUT2D eigenvalue weighted by molar-refractivity contribution is 0.0105. The lowest BCUT2D eigenvalue weighted by atomic mass is 9.73. The van der Waals surface area contributed by atoms with E-state index < -0.39 is 0 Å². The maximum Gasteiger partial charge on any atom is 0.127 e. The van der Waals surface area contributed by atoms with Crippen molar-refractivity contribution in [2.75, 3.05) is 52.8 Å². The minimum atomic E-state index is 0.0502. The summed E-state index contributed by atoms with van der Waals surface area (Å²) in [5.74, 6) is 1.38. The van der Waals surface area contributed by atoms with Gasteiger partial charge in [0.25, 0.3) is 0 Å². The molecule has 37 heavy (non-hydrogen) atoms. The Morgan fingerprint density at radius 2 is 1.76 bits per heavy atom. The van der Waals surface area contributed by atoms with E-state index in [2.05, 4.69) is 49.5 Å². The monoisotopic (exact) mass is 515 g/mol. The van der Waals surface area contributed by atoms with Gasteiger partial charge in [0, 0.05) is 22.9 Å². The van der Waals surface area contributed by atoms with Crippen LogP contribution in [-0.4, -0.2) is 57.9 Å². The molecule has 0 radical (unpaired) electrons. The lowest BCUT2D eigenvalue weighted by Gasteiger charge is -2.32. The van der Waals surface area contributed by atoms with E-state index in [0.29, 0.717) is 58.5 Å². The SMILES string of the molecule is C=C(C)C1CCC(C)=CC1c1c(O)cc(CCCCC)cc1OCCOCCOCCOCCN=[N+]=[N-]. The standard InChI is InChI=1S/C29H45N3O5/c1-5-6-7-8-24-20-27(33)29(26-19-23(4)9-10-25(26)22(2)3)28(21-24)37-18-17-36-16-15-35-14-13-34-12-11-31-32-30/h19-21,25-26,33H,2,5-18H2,1,3-4H3. The number of allylic oxidation sites excluding steroid dienone is 3. The Morgan fingerprint density at radius 1 is 1.08 bits per heavy atom. The molecule has 8 nitrogen and oxygen atoms in total. The number of hydrogen-bond donors (Lipinski definition) is 1. The van der Waals surface area contributed by atoms with Crippen molar-refractivity contribution in [2.24, 2.45) is 11.0 Å². The number of azide groups is 1. The molecular formula is C29H45N3O5. The molecule has 1 aliphatic carbocycles. The maximum absolute atomic E-state index is 11.2. The van der Waals surface area contributed by atoms with Gasteiger partial charge in [0.05, 0.1) is 39.6 Å². The molecule has 1 N–H and O–H groups in total. The second-order valence-electron chi connectivity index (χ2n) is 9.65. The molecule has 0 heterocycles. The van der Waals surface area contributed by atoms with Crippen LogP contribution in [0.2, 0.25) is 0 Å². The summed E-state index contributed by atoms with van der Waals surface area (Å²) in [4.78, 5) is 2.67. The molecule has 0 saturated carbocycles. The fourth-order valence-electron chi connectivity index (χ4n) is 4.65. The fourth-order valence-corrected chi connectivity index (χ4v) is 4.65. The number of benzene rings is 1. The van der Waals surface area contributed by atoms with Gasteiger partial charge in [-0.15, -0.1) is 0 Å². The molecule has 2 unspecified atom stereocenters. The maximum atomic E-state index is 11.2. The van der Waals surface area contributed by atoms with E-state index in [4.69, 9.17) is 24.5 Å². The molecule has 0 amide bonds. The van der Waals surface area contributed by atoms with Gasteiger partial charge < -0.3 is 24.1 Å². The van der Waals surface area contributed by atoms with Crippen molar-refractivity contribution < 1.29 is 24.1 Å². The summed E-state index contributed by atoms with van der Waals surface area (Å²) in [6.45, 7) is 14.0. The number of phenolic OH excluding ortho intramolecular Hbond substituents is 1. The molecular weight excluding hydrogens is 470 g/mol. The van der Waals surface area contributed by atoms with Gasteiger partial charge in [0.2, 0.25) is 0 Å². The van der Waals surface area contributed by atoms with E-state index in [9.17, 15) is 5.11 Å². The van der Waals surface area contributed by atoms with Crippen molar-refractivity contribution in [1.29, 1.82) is 0 Å². The molecule has 1 aliphatic rings. The first-order chi connectivity index (χ1) is 18.0. The van der Waals surface area contributed by atoms with Crippen LogP contribution in [0.15, 0.2) is 41.0 Å². The Bertz CT molecular complexity index is 911. The summed E-state index contributed by atoms with van der Waals surface area (Å²) in [5.41, 5.74) is 12.6. The van der Waals surface area contributed by atoms with Crippen LogP contribution in [0, 0.1) is 5.92 Å². The summed E-state index contributed by atoms with van der Waals surface area (Å²) in [6.07, 6.45) is 8.69. The smallest absolute Gasteiger partial charge is 0.127 e. The van der Waals surface area contributed by atoms with E-state index in [1.165, 1.54) is 12.0 Å². The molecule has 2 rings (SSSR count). The average Bonchev–Trinajstić information content (AvgIpc) is 2.86. The number of ether oxygens (including phenoxy) is 4. The zero-order chi connectivity index (χ0) is 26.9. The first kappa shape index (κ1) is 30.7. The summed E-state index contributed by atoms with van der Waals surface area (Å²) in [7, 11) is 0. The lowest BCUT2D eigenvalue weighted by Crippen LogP contribution is -2.19. The van der Waals surface area contributed by atoms with Crippen molar-refractivity contribution in [3.05, 3.63) is 57.5 Å². The molecule has 8 heteroatoms. The van der Waals surface area contributed by atoms with E-state index in [0.717, 1.165) is 54.6 Å². The van der Waals surface area contributed by atoms with Crippen molar-refractivity contribution in [3.63, 3.8) is 0 Å². The third-order valence-electron chi connectivity index (χ3n) is 6.59. The highest BCUT2D eigenvalue weighted by Gasteiger charge is 2.30. The summed E-state index contributed by atoms with van der Waals surface area (Å²) in [5, 5.41) is 14.6. The van der Waals surface area contributed by atoms with Crippen LogP contribution >= 0.6 is 0 Å². The Hall–Kier alpha value is -2.51. The zero-order valence-corrected chi connectivity index (χ0v) is 22.9. The minimum absolute atomic E-state index is 0.0502. The molecule has 0 aliphatic heterocycles. The van der Waals surface area contributed by atoms with Crippen molar-refractivity contribution >= 4 is 0 Å². The number of phenols is 1. The van der Waals surface area contributed by atoms with Crippen LogP contribution in [0.5, 0.6) is 11.5 Å². The third kappa shape index (κ3) is 11.2. The van der Waals surface area contributed by atoms with Gasteiger partial charge in [-0.05, 0) is 68.7 Å². The Morgan fingerprint density at radius 3 is 2.41 bits per heavy atom. The van der Waals surface area contributed by atoms with Crippen LogP contribution in [0.25, 0.3) is 10.4 Å². The predicted molar refractivity (Wildman–Crippen MR) is 147 cm³/mol. The first-order valence-corrected chi connectivity index (χ1v) is 13.5. The third-order valence-corrected chi connectivity index (χ3v) is 6.59. The quantitative estimate of drug-likeness (QED) is 0.0710. The van der Waals surface area contributed by atoms with Crippen molar-refractivity contribution in [1.82, 2.24) is 0 Å². The Labute approximate surface area is 222 Å². The highest BCUT2D eigenvalue weighted by atomic mass is 16.6. The van der Waals surface area contributed by atoms with E-state index >= 15 is 0 Å². The normalized spacial score (nSPS) is 17.2. The van der Waals surface area contributed by atoms with Crippen LogP contribution in [0.4, 0.5) is 0 Å². The summed E-state index contributed by atoms with van der Waals surface area (Å²) >= 11 is 0. The zero-order valence-electron chi connectivity index (χ0n) is 22.9. The molecule has 2 atom stereocenters. The van der Waals surface area contributed by atoms with E-state index in [-0.39, 0.29) is 11.8 Å². The minimum Gasteiger partial charge on any atom is -0.507 e. The van der Waals surface area contributed by atoms with Crippen LogP contribution in [0.3, 0.4) is 0 Å². The predicted octanol–water partition coefficient (Wildman–Crippen LogP) is 6.88. The van der Waals surface area contributed by atoms with Gasteiger partial charge in [-0.1, -0.05) is 48.7 Å². The number of unbranched alkanes of at least 4 members (excludes halogenated alkanes) is 2. The van der Waals surface area contributed by atoms with Gasteiger partial charge in [0.15, 0.2) is 0 Å².